The maximum Gasteiger partial charge on any atom is 0.217 e. The lowest BCUT2D eigenvalue weighted by Gasteiger charge is -2.07. The summed E-state index contributed by atoms with van der Waals surface area (Å²) in [6, 6.07) is 20.1. The molecule has 35 heavy (non-hydrogen) atoms. The highest BCUT2D eigenvalue weighted by molar-refractivity contribution is 6.17. The summed E-state index contributed by atoms with van der Waals surface area (Å²) in [5.41, 5.74) is 20.2. The van der Waals surface area contributed by atoms with E-state index in [0.717, 1.165) is 6.42 Å². The molecule has 3 aromatic carbocycles. The fourth-order valence-corrected chi connectivity index (χ4v) is 3.76. The molecule has 0 fully saturated rings. The van der Waals surface area contributed by atoms with Gasteiger partial charge in [0.15, 0.2) is 5.78 Å². The van der Waals surface area contributed by atoms with Gasteiger partial charge in [-0.25, -0.2) is 0 Å². The first kappa shape index (κ1) is 25.4. The molecule has 0 aliphatic rings. The Kier molecular flexibility index (Phi) is 8.51. The molecule has 0 bridgehead atoms. The number of nitrogens with two attached hydrogens (primary N) is 3. The van der Waals surface area contributed by atoms with Crippen LogP contribution in [0.3, 0.4) is 0 Å². The number of primary amides is 1. The van der Waals surface area contributed by atoms with Gasteiger partial charge in [0.05, 0.1) is 12.2 Å². The van der Waals surface area contributed by atoms with Gasteiger partial charge in [-0.2, -0.15) is 0 Å². The van der Waals surface area contributed by atoms with Crippen LogP contribution < -0.4 is 21.9 Å². The topological polar surface area (TPSA) is 135 Å². The molecule has 4 rings (SSSR count). The zero-order valence-corrected chi connectivity index (χ0v) is 20.0. The lowest BCUT2D eigenvalue weighted by molar-refractivity contribution is -0.118. The van der Waals surface area contributed by atoms with E-state index >= 15 is 0 Å². The van der Waals surface area contributed by atoms with Crippen LogP contribution in [-0.4, -0.2) is 18.3 Å². The summed E-state index contributed by atoms with van der Waals surface area (Å²) in [7, 11) is 0. The summed E-state index contributed by atoms with van der Waals surface area (Å²) < 4.78 is 11.9. The maximum absolute atomic E-state index is 13.4. The predicted molar refractivity (Wildman–Crippen MR) is 139 cm³/mol. The summed E-state index contributed by atoms with van der Waals surface area (Å²) in [5, 5.41) is 0.621. The number of carbonyl (C=O) groups is 2. The standard InChI is InChI=1S/C26H25N3O4.C2H6/c27-18-12-17(13-19(28)14-18)26(31)25-21-7-6-20(32-11-10-16-4-2-1-3-5-16)15-23(21)33-22(25)8-9-24(29)30;1-2/h1-7,12-15H,8-11,27-28H2,(H2,29,30);1-2H3. The zero-order chi connectivity index (χ0) is 25.4. The first-order valence-electron chi connectivity index (χ1n) is 11.6. The van der Waals surface area contributed by atoms with E-state index in [1.807, 2.05) is 44.2 Å². The average molecular weight is 474 g/mol. The van der Waals surface area contributed by atoms with Crippen LogP contribution in [0.25, 0.3) is 11.0 Å². The van der Waals surface area contributed by atoms with Crippen molar-refractivity contribution >= 4 is 34.0 Å². The number of amides is 1. The Morgan fingerprint density at radius 2 is 1.57 bits per heavy atom. The molecule has 7 heteroatoms. The van der Waals surface area contributed by atoms with Crippen molar-refractivity contribution in [2.75, 3.05) is 18.1 Å². The first-order valence-corrected chi connectivity index (χ1v) is 11.6. The number of anilines is 2. The van der Waals surface area contributed by atoms with E-state index in [4.69, 9.17) is 26.4 Å². The van der Waals surface area contributed by atoms with Gasteiger partial charge in [-0.3, -0.25) is 9.59 Å². The minimum atomic E-state index is -0.480. The van der Waals surface area contributed by atoms with E-state index in [-0.39, 0.29) is 18.6 Å². The van der Waals surface area contributed by atoms with Gasteiger partial charge < -0.3 is 26.4 Å². The summed E-state index contributed by atoms with van der Waals surface area (Å²) in [6.07, 6.45) is 1.02. The molecular weight excluding hydrogens is 442 g/mol. The van der Waals surface area contributed by atoms with E-state index in [0.29, 0.717) is 51.6 Å². The molecule has 7 nitrogen and oxygen atoms in total. The number of furan rings is 1. The molecule has 4 aromatic rings. The minimum absolute atomic E-state index is 0.0552. The third kappa shape index (κ3) is 6.41. The van der Waals surface area contributed by atoms with Crippen molar-refractivity contribution in [2.24, 2.45) is 5.73 Å². The number of nitrogen functional groups attached to an aromatic ring is 2. The lowest BCUT2D eigenvalue weighted by atomic mass is 9.97. The second-order valence-corrected chi connectivity index (χ2v) is 7.83. The largest absolute Gasteiger partial charge is 0.493 e. The van der Waals surface area contributed by atoms with Crippen LogP contribution in [0.15, 0.2) is 71.1 Å². The number of ether oxygens (including phenoxy) is 1. The Hall–Kier alpha value is -4.26. The van der Waals surface area contributed by atoms with E-state index in [9.17, 15) is 9.59 Å². The van der Waals surface area contributed by atoms with Gasteiger partial charge in [-0.05, 0) is 35.9 Å². The number of aryl methyl sites for hydroxylation is 1. The SMILES string of the molecule is CC.NC(=O)CCc1oc2cc(OCCc3ccccc3)ccc2c1C(=O)c1cc(N)cc(N)c1. The number of carbonyl (C=O) groups excluding carboxylic acids is 2. The molecule has 0 atom stereocenters. The molecule has 0 aliphatic heterocycles. The summed E-state index contributed by atoms with van der Waals surface area (Å²) in [6.45, 7) is 4.50. The van der Waals surface area contributed by atoms with Gasteiger partial charge in [0.25, 0.3) is 0 Å². The second kappa shape index (κ2) is 11.7. The number of rotatable bonds is 9. The summed E-state index contributed by atoms with van der Waals surface area (Å²) in [5.74, 6) is 0.244. The number of hydrogen-bond donors (Lipinski definition) is 3. The molecule has 0 unspecified atom stereocenters. The van der Waals surface area contributed by atoms with Crippen LogP contribution in [0, 0.1) is 0 Å². The third-order valence-corrected chi connectivity index (χ3v) is 5.30. The van der Waals surface area contributed by atoms with E-state index in [1.54, 1.807) is 36.4 Å². The zero-order valence-electron chi connectivity index (χ0n) is 20.0. The Morgan fingerprint density at radius 3 is 2.23 bits per heavy atom. The Morgan fingerprint density at radius 1 is 0.886 bits per heavy atom. The molecule has 0 radical (unpaired) electrons. The van der Waals surface area contributed by atoms with Crippen molar-refractivity contribution in [3.05, 3.63) is 89.2 Å². The highest BCUT2D eigenvalue weighted by Crippen LogP contribution is 2.32. The van der Waals surface area contributed by atoms with Crippen LogP contribution in [0.4, 0.5) is 11.4 Å². The maximum atomic E-state index is 13.4. The van der Waals surface area contributed by atoms with Gasteiger partial charge in [-0.15, -0.1) is 0 Å². The van der Waals surface area contributed by atoms with E-state index in [2.05, 4.69) is 0 Å². The summed E-state index contributed by atoms with van der Waals surface area (Å²) in [4.78, 5) is 24.7. The van der Waals surface area contributed by atoms with Crippen LogP contribution in [0.5, 0.6) is 5.75 Å². The Bertz CT molecular complexity index is 1290. The van der Waals surface area contributed by atoms with Crippen molar-refractivity contribution < 1.29 is 18.7 Å². The molecule has 0 saturated heterocycles. The fraction of sp³-hybridized carbons (Fsp3) is 0.214. The van der Waals surface area contributed by atoms with Crippen LogP contribution in [-0.2, 0) is 17.6 Å². The van der Waals surface area contributed by atoms with E-state index in [1.165, 1.54) is 5.56 Å². The van der Waals surface area contributed by atoms with Crippen LogP contribution in [0.1, 0.15) is 47.5 Å². The lowest BCUT2D eigenvalue weighted by Crippen LogP contribution is -2.12. The van der Waals surface area contributed by atoms with Crippen LogP contribution in [0.2, 0.25) is 0 Å². The molecule has 6 N–H and O–H groups in total. The third-order valence-electron chi connectivity index (χ3n) is 5.30. The first-order chi connectivity index (χ1) is 16.9. The minimum Gasteiger partial charge on any atom is -0.493 e. The van der Waals surface area contributed by atoms with Crippen molar-refractivity contribution in [1.29, 1.82) is 0 Å². The number of ketones is 1. The Balaban J connectivity index is 0.00000167. The highest BCUT2D eigenvalue weighted by atomic mass is 16.5. The van der Waals surface area contributed by atoms with Crippen molar-refractivity contribution in [3.8, 4) is 5.75 Å². The highest BCUT2D eigenvalue weighted by Gasteiger charge is 2.23. The molecule has 0 aliphatic carbocycles. The molecular formula is C28H31N3O4. The summed E-state index contributed by atoms with van der Waals surface area (Å²) >= 11 is 0. The van der Waals surface area contributed by atoms with E-state index < -0.39 is 5.91 Å². The molecule has 182 valence electrons. The number of benzene rings is 3. The van der Waals surface area contributed by atoms with Gasteiger partial charge in [0.1, 0.15) is 17.1 Å². The average Bonchev–Trinajstić information content (AvgIpc) is 3.21. The molecule has 1 amide bonds. The van der Waals surface area contributed by atoms with Crippen LogP contribution >= 0.6 is 0 Å². The van der Waals surface area contributed by atoms with Gasteiger partial charge >= 0.3 is 0 Å². The fourth-order valence-electron chi connectivity index (χ4n) is 3.76. The van der Waals surface area contributed by atoms with Gasteiger partial charge in [0.2, 0.25) is 5.91 Å². The number of hydrogen-bond acceptors (Lipinski definition) is 6. The predicted octanol–water partition coefficient (Wildman–Crippen LogP) is 4.89. The molecule has 0 saturated carbocycles. The quantitative estimate of drug-likeness (QED) is 0.234. The second-order valence-electron chi connectivity index (χ2n) is 7.83. The Labute approximate surface area is 204 Å². The molecule has 0 spiro atoms. The normalized spacial score (nSPS) is 10.5. The smallest absolute Gasteiger partial charge is 0.217 e. The molecule has 1 heterocycles. The van der Waals surface area contributed by atoms with Gasteiger partial charge in [-0.1, -0.05) is 44.2 Å². The number of fused-ring (bicyclic) bond motifs is 1. The van der Waals surface area contributed by atoms with Crippen molar-refractivity contribution in [3.63, 3.8) is 0 Å². The van der Waals surface area contributed by atoms with Crippen molar-refractivity contribution in [2.45, 2.75) is 33.1 Å². The monoisotopic (exact) mass is 473 g/mol. The van der Waals surface area contributed by atoms with Crippen molar-refractivity contribution in [1.82, 2.24) is 0 Å². The van der Waals surface area contributed by atoms with Gasteiger partial charge in [0, 0.05) is 47.7 Å². The molecule has 1 aromatic heterocycles.